The molecule has 0 fully saturated rings. The van der Waals surface area contributed by atoms with E-state index >= 15 is 0 Å². The summed E-state index contributed by atoms with van der Waals surface area (Å²) >= 11 is 0. The van der Waals surface area contributed by atoms with E-state index in [0.29, 0.717) is 23.5 Å². The summed E-state index contributed by atoms with van der Waals surface area (Å²) < 4.78 is 15.7. The number of carbonyl (C=O) groups excluding carboxylic acids is 3. The second kappa shape index (κ2) is 10.7. The molecule has 0 saturated heterocycles. The minimum Gasteiger partial charge on any atom is -0.493 e. The second-order valence-corrected chi connectivity index (χ2v) is 6.09. The third-order valence-corrected chi connectivity index (χ3v) is 4.10. The molecule has 8 nitrogen and oxygen atoms in total. The van der Waals surface area contributed by atoms with E-state index in [9.17, 15) is 14.4 Å². The Morgan fingerprint density at radius 3 is 2.31 bits per heavy atom. The maximum Gasteiger partial charge on any atom is 0.306 e. The number of hydrogen-bond acceptors (Lipinski definition) is 6. The highest BCUT2D eigenvalue weighted by atomic mass is 16.5. The van der Waals surface area contributed by atoms with Gasteiger partial charge in [-0.05, 0) is 37.1 Å². The molecule has 8 heteroatoms. The van der Waals surface area contributed by atoms with Crippen LogP contribution in [0.3, 0.4) is 0 Å². The van der Waals surface area contributed by atoms with E-state index in [1.54, 1.807) is 42.5 Å². The van der Waals surface area contributed by atoms with Crippen molar-refractivity contribution in [1.29, 1.82) is 0 Å². The maximum atomic E-state index is 12.1. The fraction of sp³-hybridized carbons (Fsp3) is 0.286. The van der Waals surface area contributed by atoms with Gasteiger partial charge < -0.3 is 14.2 Å². The molecule has 2 rings (SSSR count). The third-order valence-electron chi connectivity index (χ3n) is 4.10. The normalized spacial score (nSPS) is 11.1. The van der Waals surface area contributed by atoms with Gasteiger partial charge in [0.05, 0.1) is 14.2 Å². The fourth-order valence-electron chi connectivity index (χ4n) is 2.58. The van der Waals surface area contributed by atoms with Gasteiger partial charge in [0.25, 0.3) is 11.8 Å². The predicted molar refractivity (Wildman–Crippen MR) is 105 cm³/mol. The number of methoxy groups -OCH3 is 2. The number of hydrogen-bond donors (Lipinski definition) is 2. The van der Waals surface area contributed by atoms with Gasteiger partial charge in [0.2, 0.25) is 0 Å². The summed E-state index contributed by atoms with van der Waals surface area (Å²) in [5.74, 6) is -0.534. The zero-order valence-corrected chi connectivity index (χ0v) is 16.6. The first-order valence-electron chi connectivity index (χ1n) is 9.00. The maximum absolute atomic E-state index is 12.1. The molecular formula is C21H24N2O6. The van der Waals surface area contributed by atoms with Crippen molar-refractivity contribution in [2.24, 2.45) is 0 Å². The van der Waals surface area contributed by atoms with Crippen molar-refractivity contribution in [1.82, 2.24) is 10.9 Å². The van der Waals surface area contributed by atoms with E-state index in [4.69, 9.17) is 14.2 Å². The molecule has 2 N–H and O–H groups in total. The van der Waals surface area contributed by atoms with Crippen molar-refractivity contribution in [3.63, 3.8) is 0 Å². The average molecular weight is 400 g/mol. The smallest absolute Gasteiger partial charge is 0.306 e. The van der Waals surface area contributed by atoms with Crippen LogP contribution >= 0.6 is 0 Å². The first kappa shape index (κ1) is 21.7. The van der Waals surface area contributed by atoms with E-state index < -0.39 is 23.9 Å². The summed E-state index contributed by atoms with van der Waals surface area (Å²) in [5.41, 5.74) is 5.70. The van der Waals surface area contributed by atoms with Crippen LogP contribution in [-0.2, 0) is 20.7 Å². The van der Waals surface area contributed by atoms with Gasteiger partial charge in [0.1, 0.15) is 0 Å². The standard InChI is InChI=1S/C21H24N2O6/c1-14(20(25)22-23-21(26)16-8-5-4-6-9-16)29-18(24)13-12-15-10-7-11-17(27-2)19(15)28-3/h4-11,14H,12-13H2,1-3H3,(H,22,25)(H,23,26)/t14-/m1/s1. The molecule has 0 radical (unpaired) electrons. The molecule has 0 heterocycles. The number of ether oxygens (including phenoxy) is 3. The number of para-hydroxylation sites is 1. The Kier molecular flexibility index (Phi) is 8.02. The van der Waals surface area contributed by atoms with E-state index in [2.05, 4.69) is 10.9 Å². The van der Waals surface area contributed by atoms with Crippen LogP contribution in [0.25, 0.3) is 0 Å². The summed E-state index contributed by atoms with van der Waals surface area (Å²) in [6.07, 6.45) is -0.652. The summed E-state index contributed by atoms with van der Waals surface area (Å²) in [4.78, 5) is 36.0. The lowest BCUT2D eigenvalue weighted by atomic mass is 10.1. The van der Waals surface area contributed by atoms with Crippen LogP contribution < -0.4 is 20.3 Å². The van der Waals surface area contributed by atoms with Crippen LogP contribution in [0.1, 0.15) is 29.3 Å². The van der Waals surface area contributed by atoms with E-state index in [1.807, 2.05) is 6.07 Å². The molecule has 0 bridgehead atoms. The molecule has 0 saturated carbocycles. The lowest BCUT2D eigenvalue weighted by molar-refractivity contribution is -0.155. The Morgan fingerprint density at radius 1 is 0.931 bits per heavy atom. The van der Waals surface area contributed by atoms with Crippen LogP contribution in [0.5, 0.6) is 11.5 Å². The van der Waals surface area contributed by atoms with E-state index in [0.717, 1.165) is 5.56 Å². The summed E-state index contributed by atoms with van der Waals surface area (Å²) in [7, 11) is 3.06. The van der Waals surface area contributed by atoms with Gasteiger partial charge in [0.15, 0.2) is 17.6 Å². The molecule has 0 spiro atoms. The number of nitrogens with one attached hydrogen (secondary N) is 2. The zero-order valence-electron chi connectivity index (χ0n) is 16.6. The molecule has 0 aromatic heterocycles. The van der Waals surface area contributed by atoms with Crippen LogP contribution in [-0.4, -0.2) is 38.1 Å². The first-order chi connectivity index (χ1) is 14.0. The second-order valence-electron chi connectivity index (χ2n) is 6.09. The highest BCUT2D eigenvalue weighted by molar-refractivity contribution is 5.95. The lowest BCUT2D eigenvalue weighted by Crippen LogP contribution is -2.46. The molecule has 2 amide bonds. The van der Waals surface area contributed by atoms with Crippen LogP contribution in [0.15, 0.2) is 48.5 Å². The predicted octanol–water partition coefficient (Wildman–Crippen LogP) is 2.03. The Hall–Kier alpha value is -3.55. The number of hydrazine groups is 1. The number of benzene rings is 2. The van der Waals surface area contributed by atoms with Gasteiger partial charge >= 0.3 is 5.97 Å². The van der Waals surface area contributed by atoms with Crippen molar-refractivity contribution in [2.75, 3.05) is 14.2 Å². The van der Waals surface area contributed by atoms with Gasteiger partial charge in [-0.2, -0.15) is 0 Å². The quantitative estimate of drug-likeness (QED) is 0.519. The van der Waals surface area contributed by atoms with Gasteiger partial charge in [-0.1, -0.05) is 30.3 Å². The van der Waals surface area contributed by atoms with Crippen molar-refractivity contribution in [3.05, 3.63) is 59.7 Å². The molecule has 2 aromatic carbocycles. The Morgan fingerprint density at radius 2 is 1.66 bits per heavy atom. The lowest BCUT2D eigenvalue weighted by Gasteiger charge is -2.15. The largest absolute Gasteiger partial charge is 0.493 e. The first-order valence-corrected chi connectivity index (χ1v) is 9.00. The van der Waals surface area contributed by atoms with Gasteiger partial charge in [-0.3, -0.25) is 25.2 Å². The summed E-state index contributed by atoms with van der Waals surface area (Å²) in [6.45, 7) is 1.42. The highest BCUT2D eigenvalue weighted by Gasteiger charge is 2.19. The Balaban J connectivity index is 1.81. The van der Waals surface area contributed by atoms with Crippen LogP contribution in [0.2, 0.25) is 0 Å². The molecule has 2 aromatic rings. The number of aryl methyl sites for hydroxylation is 1. The molecule has 0 aliphatic heterocycles. The molecule has 0 aliphatic rings. The van der Waals surface area contributed by atoms with E-state index in [1.165, 1.54) is 21.1 Å². The SMILES string of the molecule is COc1cccc(CCC(=O)O[C@H](C)C(=O)NNC(=O)c2ccccc2)c1OC. The van der Waals surface area contributed by atoms with Gasteiger partial charge in [-0.15, -0.1) is 0 Å². The molecule has 154 valence electrons. The topological polar surface area (TPSA) is 103 Å². The number of esters is 1. The molecule has 1 atom stereocenters. The van der Waals surface area contributed by atoms with Crippen LogP contribution in [0, 0.1) is 0 Å². The average Bonchev–Trinajstić information content (AvgIpc) is 2.75. The molecule has 0 unspecified atom stereocenters. The number of carbonyl (C=O) groups is 3. The van der Waals surface area contributed by atoms with Crippen molar-refractivity contribution < 1.29 is 28.6 Å². The van der Waals surface area contributed by atoms with Crippen molar-refractivity contribution >= 4 is 17.8 Å². The highest BCUT2D eigenvalue weighted by Crippen LogP contribution is 2.31. The van der Waals surface area contributed by atoms with E-state index in [-0.39, 0.29) is 6.42 Å². The number of amides is 2. The molecule has 0 aliphatic carbocycles. The van der Waals surface area contributed by atoms with Crippen molar-refractivity contribution in [2.45, 2.75) is 25.9 Å². The molecular weight excluding hydrogens is 376 g/mol. The van der Waals surface area contributed by atoms with Gasteiger partial charge in [-0.25, -0.2) is 0 Å². The number of rotatable bonds is 8. The third kappa shape index (κ3) is 6.24. The summed E-state index contributed by atoms with van der Waals surface area (Å²) in [5, 5.41) is 0. The fourth-order valence-corrected chi connectivity index (χ4v) is 2.58. The summed E-state index contributed by atoms with van der Waals surface area (Å²) in [6, 6.07) is 13.8. The zero-order chi connectivity index (χ0) is 21.2. The van der Waals surface area contributed by atoms with Crippen molar-refractivity contribution in [3.8, 4) is 11.5 Å². The minimum atomic E-state index is -1.06. The van der Waals surface area contributed by atoms with Crippen LogP contribution in [0.4, 0.5) is 0 Å². The minimum absolute atomic E-state index is 0.0531. The Bertz CT molecular complexity index is 854. The Labute approximate surface area is 169 Å². The molecule has 29 heavy (non-hydrogen) atoms. The van der Waals surface area contributed by atoms with Gasteiger partial charge in [0, 0.05) is 12.0 Å². The monoisotopic (exact) mass is 400 g/mol.